The van der Waals surface area contributed by atoms with E-state index in [1.807, 2.05) is 6.07 Å². The molecule has 8 heteroatoms. The molecular formula is C23H29NO7. The zero-order valence-electron chi connectivity index (χ0n) is 21.2. The summed E-state index contributed by atoms with van der Waals surface area (Å²) in [5, 5.41) is 13.9. The lowest BCUT2D eigenvalue weighted by molar-refractivity contribution is -0.161. The first-order valence-corrected chi connectivity index (χ1v) is 9.69. The molecule has 0 aliphatic heterocycles. The molecule has 2 N–H and O–H groups in total. The molecule has 168 valence electrons. The van der Waals surface area contributed by atoms with Gasteiger partial charge in [0, 0.05) is 26.6 Å². The number of aliphatic hydroxyl groups excluding tert-OH is 1. The summed E-state index contributed by atoms with van der Waals surface area (Å²) < 4.78 is 49.9. The van der Waals surface area contributed by atoms with Crippen molar-refractivity contribution in [2.45, 2.75) is 31.6 Å². The van der Waals surface area contributed by atoms with E-state index in [4.69, 9.17) is 27.8 Å². The van der Waals surface area contributed by atoms with E-state index < -0.39 is 24.6 Å². The van der Waals surface area contributed by atoms with Crippen molar-refractivity contribution in [1.82, 2.24) is 5.32 Å². The molecule has 2 atom stereocenters. The minimum Gasteiger partial charge on any atom is -0.506 e. The molecule has 0 spiro atoms. The number of hydrogen-bond acceptors (Lipinski definition) is 7. The van der Waals surface area contributed by atoms with Gasteiger partial charge in [0.25, 0.3) is 0 Å². The fraction of sp³-hybridized carbons (Fsp3) is 0.435. The minimum atomic E-state index is -2.87. The zero-order valence-corrected chi connectivity index (χ0v) is 18.2. The van der Waals surface area contributed by atoms with Crippen molar-refractivity contribution < 1.29 is 37.7 Å². The number of fused-ring (bicyclic) bond motifs is 2. The summed E-state index contributed by atoms with van der Waals surface area (Å²) in [5.41, 5.74) is 2.61. The largest absolute Gasteiger partial charge is 0.506 e. The fourth-order valence-electron chi connectivity index (χ4n) is 4.07. The van der Waals surface area contributed by atoms with Crippen LogP contribution < -0.4 is 19.5 Å². The van der Waals surface area contributed by atoms with Gasteiger partial charge < -0.3 is 34.1 Å². The summed E-state index contributed by atoms with van der Waals surface area (Å²) in [5.74, 6) is -1.56. The van der Waals surface area contributed by atoms with Gasteiger partial charge in [-0.2, -0.15) is 0 Å². The molecule has 0 radical (unpaired) electrons. The Morgan fingerprint density at radius 3 is 2.52 bits per heavy atom. The van der Waals surface area contributed by atoms with Gasteiger partial charge in [-0.15, -0.1) is 0 Å². The average molecular weight is 435 g/mol. The first-order valence-electron chi connectivity index (χ1n) is 11.2. The SMILES string of the molecule is [2H]C([2H])([2H])O[C@@]1(OC)C=CC2=C(C=C1O)[C@@H](NC(C)=O)CCc1cc(OC)c(OC)c(OC)c12. The van der Waals surface area contributed by atoms with Crippen molar-refractivity contribution in [3.8, 4) is 17.2 Å². The lowest BCUT2D eigenvalue weighted by Crippen LogP contribution is -2.36. The lowest BCUT2D eigenvalue weighted by Gasteiger charge is -2.26. The molecule has 0 bridgehead atoms. The zero-order chi connectivity index (χ0) is 25.3. The average Bonchev–Trinajstić information content (AvgIpc) is 2.99. The van der Waals surface area contributed by atoms with Crippen molar-refractivity contribution >= 4 is 11.5 Å². The predicted molar refractivity (Wildman–Crippen MR) is 116 cm³/mol. The number of rotatable bonds is 6. The molecule has 2 aliphatic rings. The van der Waals surface area contributed by atoms with Crippen LogP contribution in [0.1, 0.15) is 28.6 Å². The summed E-state index contributed by atoms with van der Waals surface area (Å²) in [7, 11) is 2.88. The number of allylic oxidation sites excluding steroid dienone is 2. The second-order valence-electron chi connectivity index (χ2n) is 7.18. The Balaban J connectivity index is 2.35. The molecule has 0 heterocycles. The van der Waals surface area contributed by atoms with E-state index in [0.29, 0.717) is 46.8 Å². The van der Waals surface area contributed by atoms with Crippen LogP contribution in [0.4, 0.5) is 0 Å². The van der Waals surface area contributed by atoms with Gasteiger partial charge in [-0.05, 0) is 47.8 Å². The Labute approximate surface area is 186 Å². The molecule has 1 aromatic carbocycles. The Morgan fingerprint density at radius 2 is 1.94 bits per heavy atom. The van der Waals surface area contributed by atoms with Gasteiger partial charge in [-0.3, -0.25) is 4.79 Å². The molecule has 0 fully saturated rings. The van der Waals surface area contributed by atoms with Crippen LogP contribution in [0.3, 0.4) is 0 Å². The van der Waals surface area contributed by atoms with E-state index in [1.165, 1.54) is 47.5 Å². The van der Waals surface area contributed by atoms with Crippen molar-refractivity contribution in [2.24, 2.45) is 0 Å². The van der Waals surface area contributed by atoms with E-state index in [0.717, 1.165) is 5.56 Å². The summed E-state index contributed by atoms with van der Waals surface area (Å²) in [6, 6.07) is 1.33. The maximum atomic E-state index is 12.0. The van der Waals surface area contributed by atoms with Gasteiger partial charge in [0.05, 0.1) is 31.5 Å². The highest BCUT2D eigenvalue weighted by Crippen LogP contribution is 2.48. The number of carbonyl (C=O) groups excluding carboxylic acids is 1. The molecule has 0 aromatic heterocycles. The number of aliphatic hydroxyl groups is 1. The van der Waals surface area contributed by atoms with Crippen LogP contribution in [-0.4, -0.2) is 58.3 Å². The lowest BCUT2D eigenvalue weighted by atomic mass is 9.93. The monoisotopic (exact) mass is 434 g/mol. The predicted octanol–water partition coefficient (Wildman–Crippen LogP) is 2.92. The molecule has 0 saturated carbocycles. The Kier molecular flexibility index (Phi) is 5.47. The van der Waals surface area contributed by atoms with Gasteiger partial charge in [-0.25, -0.2) is 0 Å². The highest BCUT2D eigenvalue weighted by Gasteiger charge is 2.37. The summed E-state index contributed by atoms with van der Waals surface area (Å²) in [6.07, 6.45) is 5.33. The Bertz CT molecular complexity index is 1060. The topological polar surface area (TPSA) is 95.5 Å². The molecule has 3 rings (SSSR count). The van der Waals surface area contributed by atoms with Crippen LogP contribution in [0.25, 0.3) is 5.57 Å². The maximum Gasteiger partial charge on any atom is 0.247 e. The molecule has 0 saturated heterocycles. The molecule has 1 aromatic rings. The second kappa shape index (κ2) is 9.03. The summed E-state index contributed by atoms with van der Waals surface area (Å²) in [4.78, 5) is 12.0. The Morgan fingerprint density at radius 1 is 1.19 bits per heavy atom. The van der Waals surface area contributed by atoms with Crippen molar-refractivity contribution in [3.63, 3.8) is 0 Å². The van der Waals surface area contributed by atoms with Crippen LogP contribution in [0.15, 0.2) is 35.6 Å². The van der Waals surface area contributed by atoms with Crippen LogP contribution >= 0.6 is 0 Å². The minimum absolute atomic E-state index is 0.261. The van der Waals surface area contributed by atoms with Gasteiger partial charge in [-0.1, -0.05) is 6.08 Å². The first-order chi connectivity index (χ1) is 16.0. The highest BCUT2D eigenvalue weighted by atomic mass is 16.7. The van der Waals surface area contributed by atoms with E-state index >= 15 is 0 Å². The normalized spacial score (nSPS) is 24.4. The molecule has 1 amide bonds. The van der Waals surface area contributed by atoms with Crippen LogP contribution in [-0.2, 0) is 20.7 Å². The number of amides is 1. The maximum absolute atomic E-state index is 12.0. The third kappa shape index (κ3) is 3.88. The molecule has 0 unspecified atom stereocenters. The van der Waals surface area contributed by atoms with E-state index in [1.54, 1.807) is 6.08 Å². The quantitative estimate of drug-likeness (QED) is 0.665. The number of ether oxygens (including phenoxy) is 5. The number of carbonyl (C=O) groups is 1. The van der Waals surface area contributed by atoms with Gasteiger partial charge in [0.2, 0.25) is 17.4 Å². The van der Waals surface area contributed by atoms with Gasteiger partial charge in [0.1, 0.15) is 0 Å². The van der Waals surface area contributed by atoms with Crippen molar-refractivity contribution in [3.05, 3.63) is 46.8 Å². The van der Waals surface area contributed by atoms with Gasteiger partial charge >= 0.3 is 0 Å². The highest BCUT2D eigenvalue weighted by molar-refractivity contribution is 5.88. The third-order valence-electron chi connectivity index (χ3n) is 5.52. The number of nitrogens with one attached hydrogen (secondary N) is 1. The summed E-state index contributed by atoms with van der Waals surface area (Å²) >= 11 is 0. The molecular weight excluding hydrogens is 402 g/mol. The van der Waals surface area contributed by atoms with Gasteiger partial charge in [0.15, 0.2) is 17.3 Å². The molecule has 31 heavy (non-hydrogen) atoms. The van der Waals surface area contributed by atoms with Crippen LogP contribution in [0, 0.1) is 0 Å². The first kappa shape index (κ1) is 18.8. The fourth-order valence-corrected chi connectivity index (χ4v) is 4.07. The number of benzene rings is 1. The summed E-state index contributed by atoms with van der Waals surface area (Å²) in [6.45, 7) is 1.40. The van der Waals surface area contributed by atoms with Crippen molar-refractivity contribution in [1.29, 1.82) is 0 Å². The third-order valence-corrected chi connectivity index (χ3v) is 5.52. The van der Waals surface area contributed by atoms with Crippen LogP contribution in [0.2, 0.25) is 0 Å². The molecule has 8 nitrogen and oxygen atoms in total. The second-order valence-corrected chi connectivity index (χ2v) is 7.18. The van der Waals surface area contributed by atoms with E-state index in [-0.39, 0.29) is 5.91 Å². The standard InChI is InChI=1S/C23H29NO7/c1-13(25)24-17-8-7-14-11-18(27-2)21(28-3)22(29-4)20(14)15-9-10-23(30-5,31-6)19(26)12-16(15)17/h9-12,17,26H,7-8H2,1-6H3,(H,24,25)/t17-/m0/s1/i5D3/t17-,23+. The number of methoxy groups -OCH3 is 5. The van der Waals surface area contributed by atoms with Crippen LogP contribution in [0.5, 0.6) is 17.2 Å². The Hall–Kier alpha value is -2.97. The van der Waals surface area contributed by atoms with E-state index in [9.17, 15) is 9.90 Å². The number of hydrogen-bond donors (Lipinski definition) is 2. The van der Waals surface area contributed by atoms with E-state index in [2.05, 4.69) is 5.32 Å². The number of aryl methyl sites for hydroxylation is 1. The van der Waals surface area contributed by atoms with Crippen molar-refractivity contribution in [2.75, 3.05) is 35.5 Å². The molecule has 2 aliphatic carbocycles. The smallest absolute Gasteiger partial charge is 0.247 e.